The quantitative estimate of drug-likeness (QED) is 0.652. The molecule has 2 heterocycles. The summed E-state index contributed by atoms with van der Waals surface area (Å²) in [4.78, 5) is 10.5. The molecule has 7 nitrogen and oxygen atoms in total. The van der Waals surface area contributed by atoms with E-state index in [1.807, 2.05) is 18.2 Å². The molecule has 8 heteroatoms. The van der Waals surface area contributed by atoms with E-state index < -0.39 is 5.82 Å². The van der Waals surface area contributed by atoms with Crippen LogP contribution in [0.5, 0.6) is 11.5 Å². The first-order chi connectivity index (χ1) is 13.2. The van der Waals surface area contributed by atoms with E-state index in [4.69, 9.17) is 9.47 Å². The van der Waals surface area contributed by atoms with Crippen molar-refractivity contribution in [2.45, 2.75) is 19.3 Å². The minimum atomic E-state index is -0.500. The summed E-state index contributed by atoms with van der Waals surface area (Å²) in [5.74, 6) is 1.25. The molecule has 1 aliphatic heterocycles. The van der Waals surface area contributed by atoms with E-state index in [1.54, 1.807) is 14.2 Å². The van der Waals surface area contributed by atoms with E-state index in [-0.39, 0.29) is 5.82 Å². The lowest BCUT2D eigenvalue weighted by Crippen LogP contribution is -2.21. The largest absolute Gasteiger partial charge is 0.493 e. The molecular weight excluding hydrogens is 349 g/mol. The molecule has 2 N–H and O–H groups in total. The summed E-state index contributed by atoms with van der Waals surface area (Å²) in [5, 5.41) is 5.75. The van der Waals surface area contributed by atoms with Gasteiger partial charge in [-0.15, -0.1) is 0 Å². The summed E-state index contributed by atoms with van der Waals surface area (Å²) in [6.07, 6.45) is 4.68. The summed E-state index contributed by atoms with van der Waals surface area (Å²) in [6.45, 7) is 4.05. The molecule has 2 aromatic rings. The Balaban J connectivity index is 1.62. The fraction of sp³-hybridized carbons (Fsp3) is 0.474. The molecule has 0 spiro atoms. The molecule has 1 saturated heterocycles. The highest BCUT2D eigenvalue weighted by Gasteiger charge is 2.12. The van der Waals surface area contributed by atoms with Crippen molar-refractivity contribution in [3.63, 3.8) is 0 Å². The number of hydrogen-bond donors (Lipinski definition) is 2. The predicted molar refractivity (Wildman–Crippen MR) is 104 cm³/mol. The van der Waals surface area contributed by atoms with Crippen LogP contribution in [0.2, 0.25) is 0 Å². The van der Waals surface area contributed by atoms with Crippen LogP contribution in [0, 0.1) is 5.82 Å². The van der Waals surface area contributed by atoms with Crippen LogP contribution in [0.25, 0.3) is 0 Å². The molecular formula is C19H26FN5O2. The third-order valence-corrected chi connectivity index (χ3v) is 4.48. The molecule has 0 aliphatic carbocycles. The van der Waals surface area contributed by atoms with E-state index in [1.165, 1.54) is 25.9 Å². The van der Waals surface area contributed by atoms with Gasteiger partial charge < -0.3 is 25.0 Å². The minimum Gasteiger partial charge on any atom is -0.493 e. The van der Waals surface area contributed by atoms with Gasteiger partial charge in [0.15, 0.2) is 23.1 Å². The summed E-state index contributed by atoms with van der Waals surface area (Å²) < 4.78 is 24.8. The van der Waals surface area contributed by atoms with Crippen molar-refractivity contribution in [3.05, 3.63) is 30.2 Å². The molecule has 1 aromatic carbocycles. The van der Waals surface area contributed by atoms with Gasteiger partial charge in [0.2, 0.25) is 5.95 Å². The van der Waals surface area contributed by atoms with E-state index in [0.717, 1.165) is 24.8 Å². The number of aromatic nitrogens is 2. The Morgan fingerprint density at radius 3 is 2.78 bits per heavy atom. The van der Waals surface area contributed by atoms with Crippen LogP contribution >= 0.6 is 0 Å². The number of halogens is 1. The Bertz CT molecular complexity index is 753. The molecule has 0 unspecified atom stereocenters. The lowest BCUT2D eigenvalue weighted by Gasteiger charge is -2.16. The first-order valence-electron chi connectivity index (χ1n) is 9.20. The fourth-order valence-electron chi connectivity index (χ4n) is 3.08. The van der Waals surface area contributed by atoms with Crippen LogP contribution in [0.4, 0.5) is 21.8 Å². The number of methoxy groups -OCH3 is 1. The Hall–Kier alpha value is -2.61. The second-order valence-electron chi connectivity index (χ2n) is 6.38. The molecule has 27 heavy (non-hydrogen) atoms. The molecule has 0 radical (unpaired) electrons. The molecule has 1 aromatic heterocycles. The highest BCUT2D eigenvalue weighted by atomic mass is 19.1. The van der Waals surface area contributed by atoms with Crippen LogP contribution < -0.4 is 20.1 Å². The van der Waals surface area contributed by atoms with Crippen LogP contribution in [0.15, 0.2) is 24.4 Å². The molecule has 0 atom stereocenters. The third-order valence-electron chi connectivity index (χ3n) is 4.48. The molecule has 0 amide bonds. The number of rotatable bonds is 9. The molecule has 3 rings (SSSR count). The van der Waals surface area contributed by atoms with Crippen molar-refractivity contribution in [3.8, 4) is 11.5 Å². The maximum Gasteiger partial charge on any atom is 0.229 e. The Morgan fingerprint density at radius 2 is 2.04 bits per heavy atom. The second-order valence-corrected chi connectivity index (χ2v) is 6.38. The summed E-state index contributed by atoms with van der Waals surface area (Å²) in [6, 6.07) is 5.49. The van der Waals surface area contributed by atoms with E-state index in [9.17, 15) is 4.39 Å². The Kier molecular flexibility index (Phi) is 6.64. The van der Waals surface area contributed by atoms with Gasteiger partial charge in [-0.2, -0.15) is 4.98 Å². The molecule has 1 fully saturated rings. The fourth-order valence-corrected chi connectivity index (χ4v) is 3.08. The maximum atomic E-state index is 13.5. The number of nitrogens with zero attached hydrogens (tertiary/aromatic N) is 3. The van der Waals surface area contributed by atoms with Crippen LogP contribution in [-0.2, 0) is 0 Å². The zero-order chi connectivity index (χ0) is 19.1. The number of hydrogen-bond acceptors (Lipinski definition) is 7. The molecule has 0 bridgehead atoms. The topological polar surface area (TPSA) is 71.5 Å². The molecule has 0 saturated carbocycles. The van der Waals surface area contributed by atoms with Gasteiger partial charge in [0.05, 0.1) is 19.9 Å². The Labute approximate surface area is 158 Å². The molecule has 146 valence electrons. The van der Waals surface area contributed by atoms with Crippen LogP contribution in [0.3, 0.4) is 0 Å². The van der Waals surface area contributed by atoms with Gasteiger partial charge in [-0.3, -0.25) is 0 Å². The van der Waals surface area contributed by atoms with E-state index in [2.05, 4.69) is 25.5 Å². The van der Waals surface area contributed by atoms with Gasteiger partial charge in [-0.05, 0) is 44.5 Å². The van der Waals surface area contributed by atoms with Gasteiger partial charge in [0, 0.05) is 25.3 Å². The van der Waals surface area contributed by atoms with Gasteiger partial charge in [-0.1, -0.05) is 0 Å². The summed E-state index contributed by atoms with van der Waals surface area (Å²) >= 11 is 0. The van der Waals surface area contributed by atoms with Crippen molar-refractivity contribution in [1.29, 1.82) is 0 Å². The highest BCUT2D eigenvalue weighted by molar-refractivity contribution is 5.60. The highest BCUT2D eigenvalue weighted by Crippen LogP contribution is 2.31. The average Bonchev–Trinajstić information content (AvgIpc) is 3.20. The average molecular weight is 375 g/mol. The number of likely N-dealkylation sites (tertiary alicyclic amines) is 1. The second kappa shape index (κ2) is 9.36. The minimum absolute atomic E-state index is 0.138. The standard InChI is InChI=1S/C19H26FN5O2/c1-21-18-15(20)13-22-19(24-18)23-14-6-7-16(26-2)17(12-14)27-11-5-10-25-8-3-4-9-25/h6-7,12-13H,3-5,8-11H2,1-2H3,(H2,21,22,23,24). The van der Waals surface area contributed by atoms with Crippen molar-refractivity contribution >= 4 is 17.5 Å². The van der Waals surface area contributed by atoms with Crippen LogP contribution in [0.1, 0.15) is 19.3 Å². The monoisotopic (exact) mass is 375 g/mol. The number of benzene rings is 1. The van der Waals surface area contributed by atoms with Crippen molar-refractivity contribution in [2.75, 3.05) is 51.0 Å². The first-order valence-corrected chi connectivity index (χ1v) is 9.20. The number of nitrogens with one attached hydrogen (secondary N) is 2. The summed E-state index contributed by atoms with van der Waals surface area (Å²) in [5.41, 5.74) is 0.735. The predicted octanol–water partition coefficient (Wildman–Crippen LogP) is 3.27. The molecule has 1 aliphatic rings. The first kappa shape index (κ1) is 19.2. The zero-order valence-electron chi connectivity index (χ0n) is 15.8. The van der Waals surface area contributed by atoms with E-state index in [0.29, 0.717) is 24.1 Å². The summed E-state index contributed by atoms with van der Waals surface area (Å²) in [7, 11) is 3.22. The van der Waals surface area contributed by atoms with Crippen molar-refractivity contribution in [1.82, 2.24) is 14.9 Å². The number of ether oxygens (including phenoxy) is 2. The maximum absolute atomic E-state index is 13.5. The normalized spacial score (nSPS) is 14.2. The lowest BCUT2D eigenvalue weighted by atomic mass is 10.2. The van der Waals surface area contributed by atoms with E-state index >= 15 is 0 Å². The van der Waals surface area contributed by atoms with Gasteiger partial charge in [0.25, 0.3) is 0 Å². The van der Waals surface area contributed by atoms with Gasteiger partial charge in [0.1, 0.15) is 0 Å². The van der Waals surface area contributed by atoms with Crippen molar-refractivity contribution in [2.24, 2.45) is 0 Å². The number of anilines is 3. The SMILES string of the molecule is CNc1nc(Nc2ccc(OC)c(OCCCN3CCCC3)c2)ncc1F. The van der Waals surface area contributed by atoms with Gasteiger partial charge in [-0.25, -0.2) is 9.37 Å². The third kappa shape index (κ3) is 5.19. The Morgan fingerprint density at radius 1 is 1.22 bits per heavy atom. The van der Waals surface area contributed by atoms with Crippen molar-refractivity contribution < 1.29 is 13.9 Å². The zero-order valence-corrected chi connectivity index (χ0v) is 15.8. The van der Waals surface area contributed by atoms with Gasteiger partial charge >= 0.3 is 0 Å². The smallest absolute Gasteiger partial charge is 0.229 e. The lowest BCUT2D eigenvalue weighted by molar-refractivity contribution is 0.254. The van der Waals surface area contributed by atoms with Crippen LogP contribution in [-0.4, -0.2) is 55.3 Å².